The fourth-order valence-corrected chi connectivity index (χ4v) is 3.10. The van der Waals surface area contributed by atoms with E-state index in [1.165, 1.54) is 34.7 Å². The van der Waals surface area contributed by atoms with Crippen LogP contribution in [0.5, 0.6) is 0 Å². The van der Waals surface area contributed by atoms with Crippen molar-refractivity contribution >= 4 is 22.7 Å². The number of nitrogens with one attached hydrogen (secondary N) is 1. The topological polar surface area (TPSA) is 90.0 Å². The number of fused-ring (bicyclic) bond motifs is 1. The van der Waals surface area contributed by atoms with Gasteiger partial charge in [0.25, 0.3) is 11.1 Å². The number of para-hydroxylation sites is 1. The molecule has 1 amide bonds. The first-order valence-electron chi connectivity index (χ1n) is 9.55. The van der Waals surface area contributed by atoms with Gasteiger partial charge in [0.1, 0.15) is 17.0 Å². The summed E-state index contributed by atoms with van der Waals surface area (Å²) in [5, 5.41) is 6.50. The molecule has 0 aliphatic carbocycles. The molecule has 0 unspecified atom stereocenters. The van der Waals surface area contributed by atoms with Gasteiger partial charge in [0.2, 0.25) is 5.91 Å². The zero-order valence-corrected chi connectivity index (χ0v) is 16.3. The Balaban J connectivity index is 1.52. The number of aromatic nitrogens is 3. The summed E-state index contributed by atoms with van der Waals surface area (Å²) in [6.45, 7) is 2.14. The number of benzene rings is 2. The standard InChI is InChI=1S/C22H19FN4O3/c1-2-14-7-9-15(10-8-14)19-20-21(30-26-19)22(29)27(13-24-20)12-11-18(28)25-17-6-4-3-5-16(17)23/h3-10,13H,2,11-12H2,1H3,(H,25,28). The van der Waals surface area contributed by atoms with E-state index in [1.807, 2.05) is 24.3 Å². The third-order valence-electron chi connectivity index (χ3n) is 4.81. The summed E-state index contributed by atoms with van der Waals surface area (Å²) in [5.74, 6) is -0.936. The summed E-state index contributed by atoms with van der Waals surface area (Å²) in [4.78, 5) is 29.1. The fourth-order valence-electron chi connectivity index (χ4n) is 3.10. The number of nitrogens with zero attached hydrogens (tertiary/aromatic N) is 3. The molecule has 0 saturated carbocycles. The Bertz CT molecular complexity index is 1260. The number of carbonyl (C=O) groups excluding carboxylic acids is 1. The van der Waals surface area contributed by atoms with Gasteiger partial charge in [0.05, 0.1) is 12.0 Å². The van der Waals surface area contributed by atoms with Crippen LogP contribution in [0.3, 0.4) is 0 Å². The molecule has 0 bridgehead atoms. The van der Waals surface area contributed by atoms with Crippen LogP contribution in [0, 0.1) is 5.82 Å². The van der Waals surface area contributed by atoms with Gasteiger partial charge in [0.15, 0.2) is 0 Å². The average molecular weight is 406 g/mol. The van der Waals surface area contributed by atoms with Crippen LogP contribution >= 0.6 is 0 Å². The Morgan fingerprint density at radius 3 is 2.67 bits per heavy atom. The van der Waals surface area contributed by atoms with Crippen LogP contribution in [0.25, 0.3) is 22.4 Å². The molecule has 4 aromatic rings. The lowest BCUT2D eigenvalue weighted by atomic mass is 10.1. The molecule has 152 valence electrons. The molecule has 7 nitrogen and oxygen atoms in total. The second-order valence-corrected chi connectivity index (χ2v) is 6.78. The minimum atomic E-state index is -0.521. The van der Waals surface area contributed by atoms with E-state index in [9.17, 15) is 14.0 Å². The van der Waals surface area contributed by atoms with Gasteiger partial charge in [-0.1, -0.05) is 48.5 Å². The molecule has 30 heavy (non-hydrogen) atoms. The quantitative estimate of drug-likeness (QED) is 0.526. The lowest BCUT2D eigenvalue weighted by Gasteiger charge is -2.07. The van der Waals surface area contributed by atoms with Crippen molar-refractivity contribution in [3.8, 4) is 11.3 Å². The normalized spacial score (nSPS) is 11.0. The maximum Gasteiger partial charge on any atom is 0.299 e. The lowest BCUT2D eigenvalue weighted by molar-refractivity contribution is -0.116. The number of amides is 1. The molecule has 8 heteroatoms. The number of carbonyl (C=O) groups is 1. The summed E-state index contributed by atoms with van der Waals surface area (Å²) in [5.41, 5.74) is 2.56. The minimum absolute atomic E-state index is 0.0269. The molecule has 0 aliphatic heterocycles. The van der Waals surface area contributed by atoms with E-state index >= 15 is 0 Å². The van der Waals surface area contributed by atoms with Gasteiger partial charge < -0.3 is 9.84 Å². The van der Waals surface area contributed by atoms with E-state index in [0.29, 0.717) is 11.2 Å². The second kappa shape index (κ2) is 8.28. The molecule has 0 atom stereocenters. The maximum absolute atomic E-state index is 13.6. The Morgan fingerprint density at radius 2 is 1.93 bits per heavy atom. The highest BCUT2D eigenvalue weighted by atomic mass is 19.1. The average Bonchev–Trinajstić information content (AvgIpc) is 3.20. The van der Waals surface area contributed by atoms with Crippen molar-refractivity contribution in [2.24, 2.45) is 0 Å². The van der Waals surface area contributed by atoms with E-state index in [4.69, 9.17) is 4.52 Å². The van der Waals surface area contributed by atoms with Gasteiger partial charge in [-0.2, -0.15) is 0 Å². The Hall–Kier alpha value is -3.81. The van der Waals surface area contributed by atoms with E-state index in [1.54, 1.807) is 6.07 Å². The fraction of sp³-hybridized carbons (Fsp3) is 0.182. The van der Waals surface area contributed by atoms with Crippen molar-refractivity contribution in [3.05, 3.63) is 76.6 Å². The predicted octanol–water partition coefficient (Wildman–Crippen LogP) is 3.78. The highest BCUT2D eigenvalue weighted by Crippen LogP contribution is 2.25. The summed E-state index contributed by atoms with van der Waals surface area (Å²) in [6, 6.07) is 13.7. The van der Waals surface area contributed by atoms with E-state index in [2.05, 4.69) is 22.4 Å². The number of rotatable bonds is 6. The van der Waals surface area contributed by atoms with E-state index < -0.39 is 17.3 Å². The van der Waals surface area contributed by atoms with Crippen molar-refractivity contribution in [1.82, 2.24) is 14.7 Å². The Labute approximate surface area is 171 Å². The number of hydrogen-bond acceptors (Lipinski definition) is 5. The summed E-state index contributed by atoms with van der Waals surface area (Å²) in [6.07, 6.45) is 2.26. The van der Waals surface area contributed by atoms with Crippen LogP contribution in [-0.4, -0.2) is 20.6 Å². The molecule has 4 rings (SSSR count). The molecule has 0 radical (unpaired) electrons. The smallest absolute Gasteiger partial charge is 0.299 e. The lowest BCUT2D eigenvalue weighted by Crippen LogP contribution is -2.23. The van der Waals surface area contributed by atoms with Gasteiger partial charge in [-0.15, -0.1) is 0 Å². The molecule has 2 heterocycles. The number of halogens is 1. The molecule has 2 aromatic heterocycles. The van der Waals surface area contributed by atoms with Crippen molar-refractivity contribution in [3.63, 3.8) is 0 Å². The minimum Gasteiger partial charge on any atom is -0.348 e. The zero-order chi connectivity index (χ0) is 21.1. The zero-order valence-electron chi connectivity index (χ0n) is 16.3. The van der Waals surface area contributed by atoms with Gasteiger partial charge in [-0.3, -0.25) is 14.2 Å². The molecule has 1 N–H and O–H groups in total. The van der Waals surface area contributed by atoms with Gasteiger partial charge in [-0.25, -0.2) is 9.37 Å². The van der Waals surface area contributed by atoms with Crippen LogP contribution < -0.4 is 10.9 Å². The maximum atomic E-state index is 13.6. The Kier molecular flexibility index (Phi) is 5.38. The second-order valence-electron chi connectivity index (χ2n) is 6.78. The molecular weight excluding hydrogens is 387 g/mol. The van der Waals surface area contributed by atoms with Crippen molar-refractivity contribution in [2.75, 3.05) is 5.32 Å². The molecule has 0 aliphatic rings. The summed E-state index contributed by atoms with van der Waals surface area (Å²) >= 11 is 0. The van der Waals surface area contributed by atoms with Crippen LogP contribution in [0.1, 0.15) is 18.9 Å². The predicted molar refractivity (Wildman–Crippen MR) is 111 cm³/mol. The van der Waals surface area contributed by atoms with Crippen LogP contribution in [0.4, 0.5) is 10.1 Å². The van der Waals surface area contributed by atoms with Crippen molar-refractivity contribution in [2.45, 2.75) is 26.3 Å². The molecule has 0 saturated heterocycles. The largest absolute Gasteiger partial charge is 0.348 e. The van der Waals surface area contributed by atoms with E-state index in [0.717, 1.165) is 12.0 Å². The van der Waals surface area contributed by atoms with Crippen LogP contribution in [0.2, 0.25) is 0 Å². The number of aryl methyl sites for hydroxylation is 2. The van der Waals surface area contributed by atoms with Crippen LogP contribution in [0.15, 0.2) is 64.2 Å². The molecule has 0 spiro atoms. The number of hydrogen-bond donors (Lipinski definition) is 1. The van der Waals surface area contributed by atoms with Gasteiger partial charge in [0, 0.05) is 18.5 Å². The monoisotopic (exact) mass is 406 g/mol. The SMILES string of the molecule is CCc1ccc(-c2noc3c(=O)n(CCC(=O)Nc4ccccc4F)cnc23)cc1. The number of anilines is 1. The van der Waals surface area contributed by atoms with E-state index in [-0.39, 0.29) is 24.2 Å². The van der Waals surface area contributed by atoms with Crippen LogP contribution in [-0.2, 0) is 17.8 Å². The third kappa shape index (κ3) is 3.84. The first-order chi connectivity index (χ1) is 14.6. The highest BCUT2D eigenvalue weighted by Gasteiger charge is 2.17. The first-order valence-corrected chi connectivity index (χ1v) is 9.55. The molecule has 2 aromatic carbocycles. The highest BCUT2D eigenvalue weighted by molar-refractivity contribution is 5.91. The molecular formula is C22H19FN4O3. The van der Waals surface area contributed by atoms with Crippen molar-refractivity contribution in [1.29, 1.82) is 0 Å². The summed E-state index contributed by atoms with van der Waals surface area (Å²) in [7, 11) is 0. The van der Waals surface area contributed by atoms with Gasteiger partial charge in [-0.05, 0) is 24.1 Å². The Morgan fingerprint density at radius 1 is 1.17 bits per heavy atom. The molecule has 0 fully saturated rings. The first kappa shape index (κ1) is 19.5. The van der Waals surface area contributed by atoms with Crippen molar-refractivity contribution < 1.29 is 13.7 Å². The third-order valence-corrected chi connectivity index (χ3v) is 4.81. The summed E-state index contributed by atoms with van der Waals surface area (Å²) < 4.78 is 20.2. The van der Waals surface area contributed by atoms with Gasteiger partial charge >= 0.3 is 0 Å².